The zero-order valence-electron chi connectivity index (χ0n) is 20.4. The normalized spacial score (nSPS) is 15.1. The van der Waals surface area contributed by atoms with Crippen molar-refractivity contribution in [2.75, 3.05) is 51.8 Å². The Labute approximate surface area is 212 Å². The summed E-state index contributed by atoms with van der Waals surface area (Å²) in [5.74, 6) is 0.209. The topological polar surface area (TPSA) is 103 Å². The molecule has 0 spiro atoms. The van der Waals surface area contributed by atoms with Gasteiger partial charge in [0.05, 0.1) is 30.8 Å². The number of para-hydroxylation sites is 2. The van der Waals surface area contributed by atoms with Crippen LogP contribution in [0, 0.1) is 0 Å². The molecule has 4 rings (SSSR count). The molecule has 0 radical (unpaired) electrons. The van der Waals surface area contributed by atoms with Crippen LogP contribution in [-0.4, -0.2) is 73.2 Å². The van der Waals surface area contributed by atoms with Gasteiger partial charge in [-0.2, -0.15) is 0 Å². The van der Waals surface area contributed by atoms with Gasteiger partial charge in [-0.3, -0.25) is 18.8 Å². The van der Waals surface area contributed by atoms with E-state index in [2.05, 4.69) is 9.80 Å². The molecule has 11 heteroatoms. The van der Waals surface area contributed by atoms with Gasteiger partial charge in [0.15, 0.2) is 0 Å². The first-order chi connectivity index (χ1) is 17.5. The minimum absolute atomic E-state index is 0.0907. The molecule has 1 aromatic carbocycles. The zero-order valence-corrected chi connectivity index (χ0v) is 21.2. The van der Waals surface area contributed by atoms with Crippen LogP contribution < -0.4 is 20.9 Å². The Kier molecular flexibility index (Phi) is 8.21. The number of nitrogens with zero attached hydrogens (tertiary/aromatic N) is 4. The van der Waals surface area contributed by atoms with Crippen molar-refractivity contribution in [2.45, 2.75) is 25.4 Å². The fourth-order valence-corrected chi connectivity index (χ4v) is 5.45. The third-order valence-corrected chi connectivity index (χ3v) is 7.33. The fourth-order valence-electron chi connectivity index (χ4n) is 4.66. The van der Waals surface area contributed by atoms with Gasteiger partial charge in [0.25, 0.3) is 5.56 Å². The van der Waals surface area contributed by atoms with E-state index >= 15 is 0 Å². The SMILES string of the molecule is COC(=O)C(CCC=O)n1c(=O)n(CCN2CCN(c3ccccc3OC)CC2)c(=O)c2cscc21. The number of ether oxygens (including phenoxy) is 2. The number of methoxy groups -OCH3 is 2. The van der Waals surface area contributed by atoms with Gasteiger partial charge in [-0.15, -0.1) is 11.3 Å². The zero-order chi connectivity index (χ0) is 25.7. The molecule has 0 N–H and O–H groups in total. The molecule has 3 aromatic rings. The molecule has 1 fully saturated rings. The van der Waals surface area contributed by atoms with Gasteiger partial charge in [-0.1, -0.05) is 12.1 Å². The summed E-state index contributed by atoms with van der Waals surface area (Å²) >= 11 is 1.29. The van der Waals surface area contributed by atoms with E-state index in [9.17, 15) is 19.2 Å². The largest absolute Gasteiger partial charge is 0.495 e. The number of thiophene rings is 1. The van der Waals surface area contributed by atoms with Crippen LogP contribution in [-0.2, 0) is 20.9 Å². The molecule has 1 atom stereocenters. The molecule has 2 aromatic heterocycles. The van der Waals surface area contributed by atoms with Crippen LogP contribution in [0.4, 0.5) is 5.69 Å². The Morgan fingerprint density at radius 2 is 1.83 bits per heavy atom. The molecular weight excluding hydrogens is 484 g/mol. The Morgan fingerprint density at radius 3 is 2.53 bits per heavy atom. The lowest BCUT2D eigenvalue weighted by molar-refractivity contribution is -0.144. The fraction of sp³-hybridized carbons (Fsp3) is 0.440. The molecule has 0 amide bonds. The second kappa shape index (κ2) is 11.5. The van der Waals surface area contributed by atoms with E-state index in [4.69, 9.17) is 9.47 Å². The third-order valence-electron chi connectivity index (χ3n) is 6.59. The summed E-state index contributed by atoms with van der Waals surface area (Å²) in [5, 5.41) is 3.74. The standard InChI is InChI=1S/C25H30N4O6S/c1-34-22-8-4-3-6-19(22)27-12-9-26(10-13-27)11-14-28-23(31)18-16-36-17-21(18)29(25(28)33)20(7-5-15-30)24(32)35-2/h3-4,6,8,15-17,20H,5,7,9-14H2,1-2H3. The van der Waals surface area contributed by atoms with Crippen molar-refractivity contribution in [1.29, 1.82) is 0 Å². The first kappa shape index (κ1) is 25.6. The van der Waals surface area contributed by atoms with Gasteiger partial charge < -0.3 is 19.2 Å². The highest BCUT2D eigenvalue weighted by Gasteiger charge is 2.27. The number of esters is 1. The Hall–Kier alpha value is -3.44. The number of hydrogen-bond donors (Lipinski definition) is 0. The summed E-state index contributed by atoms with van der Waals surface area (Å²) in [7, 11) is 2.90. The maximum absolute atomic E-state index is 13.5. The smallest absolute Gasteiger partial charge is 0.332 e. The van der Waals surface area contributed by atoms with Crippen molar-refractivity contribution in [3.05, 3.63) is 55.9 Å². The lowest BCUT2D eigenvalue weighted by atomic mass is 10.1. The third kappa shape index (κ3) is 5.07. The number of aromatic nitrogens is 2. The summed E-state index contributed by atoms with van der Waals surface area (Å²) in [5.41, 5.74) is 0.489. The average Bonchev–Trinajstić information content (AvgIpc) is 3.40. The average molecular weight is 515 g/mol. The van der Waals surface area contributed by atoms with E-state index in [-0.39, 0.29) is 24.9 Å². The number of rotatable bonds is 10. The van der Waals surface area contributed by atoms with Crippen LogP contribution in [0.3, 0.4) is 0 Å². The summed E-state index contributed by atoms with van der Waals surface area (Å²) < 4.78 is 12.9. The second-order valence-corrected chi connectivity index (χ2v) is 9.31. The second-order valence-electron chi connectivity index (χ2n) is 8.56. The molecule has 1 unspecified atom stereocenters. The number of piperazine rings is 1. The lowest BCUT2D eigenvalue weighted by Gasteiger charge is -2.36. The van der Waals surface area contributed by atoms with Crippen LogP contribution in [0.5, 0.6) is 5.75 Å². The number of carbonyl (C=O) groups excluding carboxylic acids is 2. The van der Waals surface area contributed by atoms with Gasteiger partial charge >= 0.3 is 11.7 Å². The molecule has 3 heterocycles. The summed E-state index contributed by atoms with van der Waals surface area (Å²) in [6.45, 7) is 3.83. The van der Waals surface area contributed by atoms with E-state index in [1.54, 1.807) is 17.9 Å². The van der Waals surface area contributed by atoms with Crippen LogP contribution in [0.1, 0.15) is 18.9 Å². The molecule has 1 aliphatic rings. The summed E-state index contributed by atoms with van der Waals surface area (Å²) in [6.07, 6.45) is 0.907. The van der Waals surface area contributed by atoms with Gasteiger partial charge in [0.1, 0.15) is 18.1 Å². The maximum atomic E-state index is 13.5. The predicted molar refractivity (Wildman–Crippen MR) is 138 cm³/mol. The molecule has 1 saturated heterocycles. The van der Waals surface area contributed by atoms with Gasteiger partial charge in [-0.25, -0.2) is 9.59 Å². The highest BCUT2D eigenvalue weighted by molar-refractivity contribution is 7.09. The highest BCUT2D eigenvalue weighted by Crippen LogP contribution is 2.28. The molecule has 10 nitrogen and oxygen atoms in total. The van der Waals surface area contributed by atoms with E-state index in [1.165, 1.54) is 27.6 Å². The van der Waals surface area contributed by atoms with Crippen molar-refractivity contribution in [1.82, 2.24) is 14.0 Å². The van der Waals surface area contributed by atoms with Crippen molar-refractivity contribution >= 4 is 40.2 Å². The summed E-state index contributed by atoms with van der Waals surface area (Å²) in [4.78, 5) is 54.7. The van der Waals surface area contributed by atoms with Crippen molar-refractivity contribution in [2.24, 2.45) is 0 Å². The Morgan fingerprint density at radius 1 is 1.08 bits per heavy atom. The van der Waals surface area contributed by atoms with E-state index < -0.39 is 17.7 Å². The first-order valence-electron chi connectivity index (χ1n) is 11.8. The van der Waals surface area contributed by atoms with E-state index in [0.29, 0.717) is 23.7 Å². The van der Waals surface area contributed by atoms with Crippen LogP contribution >= 0.6 is 11.3 Å². The van der Waals surface area contributed by atoms with Crippen molar-refractivity contribution in [3.63, 3.8) is 0 Å². The van der Waals surface area contributed by atoms with Crippen molar-refractivity contribution < 1.29 is 19.1 Å². The van der Waals surface area contributed by atoms with Gasteiger partial charge in [-0.05, 0) is 18.6 Å². The molecule has 0 aliphatic carbocycles. The number of aldehydes is 1. The number of benzene rings is 1. The lowest BCUT2D eigenvalue weighted by Crippen LogP contribution is -2.49. The van der Waals surface area contributed by atoms with E-state index in [1.807, 2.05) is 24.3 Å². The summed E-state index contributed by atoms with van der Waals surface area (Å²) in [6, 6.07) is 6.92. The number of carbonyl (C=O) groups is 2. The molecule has 0 saturated carbocycles. The number of anilines is 1. The Bertz CT molecular complexity index is 1340. The number of hydrogen-bond acceptors (Lipinski definition) is 9. The van der Waals surface area contributed by atoms with Crippen LogP contribution in [0.25, 0.3) is 10.9 Å². The quantitative estimate of drug-likeness (QED) is 0.298. The molecule has 0 bridgehead atoms. The molecular formula is C25H30N4O6S. The predicted octanol–water partition coefficient (Wildman–Crippen LogP) is 1.75. The highest BCUT2D eigenvalue weighted by atomic mass is 32.1. The molecule has 192 valence electrons. The van der Waals surface area contributed by atoms with Crippen molar-refractivity contribution in [3.8, 4) is 5.75 Å². The van der Waals surface area contributed by atoms with Gasteiger partial charge in [0, 0.05) is 56.4 Å². The first-order valence-corrected chi connectivity index (χ1v) is 12.8. The van der Waals surface area contributed by atoms with E-state index in [0.717, 1.165) is 37.6 Å². The minimum atomic E-state index is -0.985. The minimum Gasteiger partial charge on any atom is -0.495 e. The van der Waals surface area contributed by atoms with Gasteiger partial charge in [0.2, 0.25) is 0 Å². The maximum Gasteiger partial charge on any atom is 0.332 e. The number of fused-ring (bicyclic) bond motifs is 1. The van der Waals surface area contributed by atoms with Crippen LogP contribution in [0.15, 0.2) is 44.6 Å². The molecule has 36 heavy (non-hydrogen) atoms. The molecule has 1 aliphatic heterocycles. The Balaban J connectivity index is 1.55. The monoisotopic (exact) mass is 514 g/mol. The van der Waals surface area contributed by atoms with Crippen LogP contribution in [0.2, 0.25) is 0 Å².